The Kier molecular flexibility index (Phi) is 4.42. The molecule has 2 heteroatoms. The molecule has 20 heavy (non-hydrogen) atoms. The molecule has 1 atom stereocenters. The number of hydrogen-bond donors (Lipinski definition) is 1. The van der Waals surface area contributed by atoms with Crippen LogP contribution in [0.4, 0.5) is 0 Å². The second kappa shape index (κ2) is 5.96. The molecule has 0 aromatic heterocycles. The maximum absolute atomic E-state index is 4.04. The van der Waals surface area contributed by atoms with Gasteiger partial charge in [0, 0.05) is 30.2 Å². The first-order valence-corrected chi connectivity index (χ1v) is 9.22. The molecule has 1 heterocycles. The number of nitrogens with zero attached hydrogens (tertiary/aromatic N) is 1. The molecule has 1 unspecified atom stereocenters. The Morgan fingerprint density at radius 2 is 1.65 bits per heavy atom. The van der Waals surface area contributed by atoms with Gasteiger partial charge in [-0.05, 0) is 39.0 Å². The van der Waals surface area contributed by atoms with Crippen LogP contribution in [0.5, 0.6) is 0 Å². The molecule has 2 nitrogen and oxygen atoms in total. The molecule has 0 aromatic carbocycles. The lowest BCUT2D eigenvalue weighted by Crippen LogP contribution is -2.71. The summed E-state index contributed by atoms with van der Waals surface area (Å²) in [4.78, 5) is 2.97. The van der Waals surface area contributed by atoms with Crippen LogP contribution < -0.4 is 5.32 Å². The zero-order chi connectivity index (χ0) is 14.1. The van der Waals surface area contributed by atoms with Gasteiger partial charge in [0.15, 0.2) is 0 Å². The smallest absolute Gasteiger partial charge is 0.0337 e. The molecule has 3 fully saturated rings. The molecule has 0 aromatic rings. The van der Waals surface area contributed by atoms with Crippen LogP contribution in [0.2, 0.25) is 0 Å². The summed E-state index contributed by atoms with van der Waals surface area (Å²) in [5.41, 5.74) is 0.978. The largest absolute Gasteiger partial charge is 0.308 e. The Morgan fingerprint density at radius 1 is 1.00 bits per heavy atom. The Hall–Kier alpha value is -0.0800. The standard InChI is InChI=1S/C18H34N2/c1-3-9-16(2)20-15-17(10-7-8-11-17)19-14-18(20)12-5-4-6-13-18/h16,19H,3-15H2,1-2H3. The predicted octanol–water partition coefficient (Wildman–Crippen LogP) is 4.10. The molecular formula is C18H34N2. The van der Waals surface area contributed by atoms with Gasteiger partial charge in [0.25, 0.3) is 0 Å². The molecule has 0 bridgehead atoms. The normalized spacial score (nSPS) is 30.9. The molecule has 2 saturated carbocycles. The lowest BCUT2D eigenvalue weighted by atomic mass is 9.75. The highest BCUT2D eigenvalue weighted by atomic mass is 15.3. The molecule has 3 aliphatic rings. The molecule has 2 spiro atoms. The molecule has 0 amide bonds. The van der Waals surface area contributed by atoms with Crippen LogP contribution in [-0.4, -0.2) is 35.1 Å². The summed E-state index contributed by atoms with van der Waals surface area (Å²) in [6.45, 7) is 7.43. The highest BCUT2D eigenvalue weighted by molar-refractivity contribution is 5.08. The van der Waals surface area contributed by atoms with E-state index in [0.29, 0.717) is 11.1 Å². The summed E-state index contributed by atoms with van der Waals surface area (Å²) >= 11 is 0. The van der Waals surface area contributed by atoms with Gasteiger partial charge in [0.05, 0.1) is 0 Å². The van der Waals surface area contributed by atoms with E-state index in [2.05, 4.69) is 24.1 Å². The molecule has 3 rings (SSSR count). The third-order valence-electron chi connectivity index (χ3n) is 6.46. The zero-order valence-electron chi connectivity index (χ0n) is 13.7. The number of piperazine rings is 1. The van der Waals surface area contributed by atoms with Gasteiger partial charge in [0.1, 0.15) is 0 Å². The topological polar surface area (TPSA) is 15.3 Å². The first-order chi connectivity index (χ1) is 9.70. The van der Waals surface area contributed by atoms with E-state index >= 15 is 0 Å². The predicted molar refractivity (Wildman–Crippen MR) is 86.1 cm³/mol. The second-order valence-corrected chi connectivity index (χ2v) is 7.89. The number of hydrogen-bond acceptors (Lipinski definition) is 2. The van der Waals surface area contributed by atoms with E-state index in [4.69, 9.17) is 0 Å². The van der Waals surface area contributed by atoms with Crippen molar-refractivity contribution in [2.24, 2.45) is 0 Å². The summed E-state index contributed by atoms with van der Waals surface area (Å²) in [5, 5.41) is 4.04. The maximum Gasteiger partial charge on any atom is 0.0337 e. The van der Waals surface area contributed by atoms with Gasteiger partial charge in [0.2, 0.25) is 0 Å². The van der Waals surface area contributed by atoms with E-state index in [1.54, 1.807) is 0 Å². The van der Waals surface area contributed by atoms with E-state index in [0.717, 1.165) is 6.04 Å². The van der Waals surface area contributed by atoms with Crippen molar-refractivity contribution in [1.82, 2.24) is 10.2 Å². The average Bonchev–Trinajstić information content (AvgIpc) is 2.92. The van der Waals surface area contributed by atoms with Gasteiger partial charge < -0.3 is 5.32 Å². The van der Waals surface area contributed by atoms with Gasteiger partial charge in [-0.3, -0.25) is 4.90 Å². The summed E-state index contributed by atoms with van der Waals surface area (Å²) in [7, 11) is 0. The van der Waals surface area contributed by atoms with Crippen LogP contribution in [0.25, 0.3) is 0 Å². The van der Waals surface area contributed by atoms with Crippen LogP contribution in [0.3, 0.4) is 0 Å². The first-order valence-electron chi connectivity index (χ1n) is 9.22. The minimum atomic E-state index is 0.477. The first kappa shape index (κ1) is 14.8. The highest BCUT2D eigenvalue weighted by Gasteiger charge is 2.49. The fourth-order valence-corrected chi connectivity index (χ4v) is 5.26. The van der Waals surface area contributed by atoms with Crippen LogP contribution in [0, 0.1) is 0 Å². The molecule has 1 aliphatic heterocycles. The van der Waals surface area contributed by atoms with Gasteiger partial charge in [-0.25, -0.2) is 0 Å². The van der Waals surface area contributed by atoms with E-state index in [1.165, 1.54) is 83.7 Å². The number of nitrogens with one attached hydrogen (secondary N) is 1. The van der Waals surface area contributed by atoms with Crippen LogP contribution in [0.15, 0.2) is 0 Å². The molecular weight excluding hydrogens is 244 g/mol. The molecule has 1 N–H and O–H groups in total. The Labute approximate surface area is 125 Å². The summed E-state index contributed by atoms with van der Waals surface area (Å²) in [6, 6.07) is 0.776. The van der Waals surface area contributed by atoms with Crippen molar-refractivity contribution in [3.05, 3.63) is 0 Å². The lowest BCUT2D eigenvalue weighted by Gasteiger charge is -2.57. The maximum atomic E-state index is 4.04. The zero-order valence-corrected chi connectivity index (χ0v) is 13.7. The van der Waals surface area contributed by atoms with Gasteiger partial charge in [-0.2, -0.15) is 0 Å². The summed E-state index contributed by atoms with van der Waals surface area (Å²) in [6.07, 6.45) is 15.6. The molecule has 116 valence electrons. The minimum Gasteiger partial charge on any atom is -0.308 e. The van der Waals surface area contributed by atoms with Gasteiger partial charge in [-0.15, -0.1) is 0 Å². The van der Waals surface area contributed by atoms with Crippen LogP contribution in [0.1, 0.15) is 84.5 Å². The van der Waals surface area contributed by atoms with Crippen molar-refractivity contribution in [1.29, 1.82) is 0 Å². The Bertz CT molecular complexity index is 313. The van der Waals surface area contributed by atoms with Crippen LogP contribution in [-0.2, 0) is 0 Å². The summed E-state index contributed by atoms with van der Waals surface area (Å²) in [5.74, 6) is 0. The highest BCUT2D eigenvalue weighted by Crippen LogP contribution is 2.42. The third kappa shape index (κ3) is 2.66. The van der Waals surface area contributed by atoms with Crippen molar-refractivity contribution in [3.8, 4) is 0 Å². The van der Waals surface area contributed by atoms with E-state index in [-0.39, 0.29) is 0 Å². The van der Waals surface area contributed by atoms with Crippen molar-refractivity contribution < 1.29 is 0 Å². The fraction of sp³-hybridized carbons (Fsp3) is 1.00. The minimum absolute atomic E-state index is 0.477. The average molecular weight is 278 g/mol. The quantitative estimate of drug-likeness (QED) is 0.836. The molecule has 2 aliphatic carbocycles. The lowest BCUT2D eigenvalue weighted by molar-refractivity contribution is -0.0444. The summed E-state index contributed by atoms with van der Waals surface area (Å²) < 4.78 is 0. The SMILES string of the molecule is CCCC(C)N1CC2(CCCC2)NCC12CCCCC2. The van der Waals surface area contributed by atoms with Crippen molar-refractivity contribution in [2.75, 3.05) is 13.1 Å². The van der Waals surface area contributed by atoms with Crippen molar-refractivity contribution in [3.63, 3.8) is 0 Å². The Balaban J connectivity index is 1.79. The molecule has 1 saturated heterocycles. The van der Waals surface area contributed by atoms with Crippen molar-refractivity contribution in [2.45, 2.75) is 102 Å². The van der Waals surface area contributed by atoms with Gasteiger partial charge >= 0.3 is 0 Å². The monoisotopic (exact) mass is 278 g/mol. The third-order valence-corrected chi connectivity index (χ3v) is 6.46. The fourth-order valence-electron chi connectivity index (χ4n) is 5.26. The van der Waals surface area contributed by atoms with E-state index < -0.39 is 0 Å². The second-order valence-electron chi connectivity index (χ2n) is 7.89. The Morgan fingerprint density at radius 3 is 2.30 bits per heavy atom. The number of rotatable bonds is 3. The van der Waals surface area contributed by atoms with Gasteiger partial charge in [-0.1, -0.05) is 45.4 Å². The van der Waals surface area contributed by atoms with E-state index in [1.807, 2.05) is 0 Å². The van der Waals surface area contributed by atoms with Crippen LogP contribution >= 0.6 is 0 Å². The molecule has 0 radical (unpaired) electrons. The van der Waals surface area contributed by atoms with Crippen molar-refractivity contribution >= 4 is 0 Å². The van der Waals surface area contributed by atoms with E-state index in [9.17, 15) is 0 Å².